The third-order valence-corrected chi connectivity index (χ3v) is 3.76. The number of rotatable bonds is 3. The van der Waals surface area contributed by atoms with Crippen molar-refractivity contribution >= 4 is 34.2 Å². The van der Waals surface area contributed by atoms with E-state index in [1.807, 2.05) is 13.8 Å². The van der Waals surface area contributed by atoms with Gasteiger partial charge < -0.3 is 14.3 Å². The summed E-state index contributed by atoms with van der Waals surface area (Å²) in [6.45, 7) is 5.75. The molecule has 0 atom stereocenters. The van der Waals surface area contributed by atoms with Crippen molar-refractivity contribution in [3.63, 3.8) is 0 Å². The lowest BCUT2D eigenvalue weighted by atomic mass is 10.1. The molecule has 1 N–H and O–H groups in total. The summed E-state index contributed by atoms with van der Waals surface area (Å²) in [7, 11) is 0. The highest BCUT2D eigenvalue weighted by molar-refractivity contribution is 6.35. The fourth-order valence-electron chi connectivity index (χ4n) is 2.34. The van der Waals surface area contributed by atoms with E-state index < -0.39 is 0 Å². The number of benzene rings is 1. The molecule has 0 aliphatic carbocycles. The zero-order chi connectivity index (χ0) is 15.9. The molecule has 114 valence electrons. The number of amides is 1. The summed E-state index contributed by atoms with van der Waals surface area (Å²) < 4.78 is 10.6. The predicted octanol–water partition coefficient (Wildman–Crippen LogP) is 4.76. The molecule has 3 rings (SSSR count). The van der Waals surface area contributed by atoms with E-state index >= 15 is 0 Å². The first-order valence-electron chi connectivity index (χ1n) is 6.92. The van der Waals surface area contributed by atoms with Crippen molar-refractivity contribution < 1.29 is 13.7 Å². The summed E-state index contributed by atoms with van der Waals surface area (Å²) in [5, 5.41) is 7.94. The van der Waals surface area contributed by atoms with Gasteiger partial charge in [0.25, 0.3) is 5.91 Å². The number of aryl methyl sites for hydroxylation is 1. The summed E-state index contributed by atoms with van der Waals surface area (Å²) in [5.41, 5.74) is 2.25. The number of carbonyl (C=O) groups excluding carboxylic acids is 1. The first-order valence-corrected chi connectivity index (χ1v) is 7.30. The van der Waals surface area contributed by atoms with E-state index in [9.17, 15) is 4.79 Å². The number of halogens is 1. The topological polar surface area (TPSA) is 68.3 Å². The van der Waals surface area contributed by atoms with E-state index in [0.29, 0.717) is 38.7 Å². The lowest BCUT2D eigenvalue weighted by molar-refractivity contribution is 0.102. The van der Waals surface area contributed by atoms with Crippen LogP contribution in [-0.2, 0) is 0 Å². The quantitative estimate of drug-likeness (QED) is 0.756. The third-order valence-electron chi connectivity index (χ3n) is 3.47. The van der Waals surface area contributed by atoms with Crippen LogP contribution in [0.15, 0.2) is 33.4 Å². The lowest BCUT2D eigenvalue weighted by Crippen LogP contribution is -2.14. The van der Waals surface area contributed by atoms with E-state index in [-0.39, 0.29) is 11.8 Å². The van der Waals surface area contributed by atoms with Gasteiger partial charge in [0, 0.05) is 11.3 Å². The van der Waals surface area contributed by atoms with Crippen molar-refractivity contribution in [1.29, 1.82) is 0 Å². The standard InChI is InChI=1S/C16H15ClN2O3/c1-8(2)14-13(9(3)19-22-14)18-16(20)11-4-5-12(17)15-10(11)6-7-21-15/h4-8H,1-3H3,(H,18,20). The van der Waals surface area contributed by atoms with Gasteiger partial charge in [0.1, 0.15) is 11.4 Å². The van der Waals surface area contributed by atoms with Crippen LogP contribution in [0.5, 0.6) is 0 Å². The molecule has 1 aromatic carbocycles. The largest absolute Gasteiger partial charge is 0.463 e. The fraction of sp³-hybridized carbons (Fsp3) is 0.250. The molecule has 0 aliphatic heterocycles. The lowest BCUT2D eigenvalue weighted by Gasteiger charge is -2.08. The molecule has 1 amide bonds. The van der Waals surface area contributed by atoms with Gasteiger partial charge in [-0.1, -0.05) is 30.6 Å². The number of furan rings is 1. The van der Waals surface area contributed by atoms with Crippen LogP contribution >= 0.6 is 11.6 Å². The number of nitrogens with one attached hydrogen (secondary N) is 1. The summed E-state index contributed by atoms with van der Waals surface area (Å²) in [6.07, 6.45) is 1.51. The minimum atomic E-state index is -0.253. The molecule has 2 heterocycles. The zero-order valence-electron chi connectivity index (χ0n) is 12.4. The Balaban J connectivity index is 2.00. The highest BCUT2D eigenvalue weighted by atomic mass is 35.5. The first kappa shape index (κ1) is 14.7. The molecule has 0 saturated carbocycles. The zero-order valence-corrected chi connectivity index (χ0v) is 13.2. The second-order valence-corrected chi connectivity index (χ2v) is 5.78. The minimum absolute atomic E-state index is 0.121. The molecule has 0 saturated heterocycles. The molecule has 2 aromatic heterocycles. The van der Waals surface area contributed by atoms with Gasteiger partial charge in [-0.05, 0) is 25.1 Å². The number of fused-ring (bicyclic) bond motifs is 1. The summed E-state index contributed by atoms with van der Waals surface area (Å²) >= 11 is 6.06. The second-order valence-electron chi connectivity index (χ2n) is 5.37. The Labute approximate surface area is 132 Å². The van der Waals surface area contributed by atoms with E-state index in [2.05, 4.69) is 10.5 Å². The van der Waals surface area contributed by atoms with Crippen LogP contribution in [0.3, 0.4) is 0 Å². The van der Waals surface area contributed by atoms with E-state index in [0.717, 1.165) is 0 Å². The Bertz CT molecular complexity index is 848. The monoisotopic (exact) mass is 318 g/mol. The molecule has 0 fully saturated rings. The highest BCUT2D eigenvalue weighted by Gasteiger charge is 2.20. The fourth-order valence-corrected chi connectivity index (χ4v) is 2.55. The number of hydrogen-bond acceptors (Lipinski definition) is 4. The van der Waals surface area contributed by atoms with E-state index in [1.165, 1.54) is 6.26 Å². The van der Waals surface area contributed by atoms with Crippen LogP contribution in [0.2, 0.25) is 5.02 Å². The third kappa shape index (κ3) is 2.37. The molecule has 22 heavy (non-hydrogen) atoms. The number of carbonyl (C=O) groups is 1. The first-order chi connectivity index (χ1) is 10.5. The van der Waals surface area contributed by atoms with Gasteiger partial charge in [0.15, 0.2) is 11.3 Å². The van der Waals surface area contributed by atoms with Crippen LogP contribution in [0.1, 0.15) is 41.6 Å². The molecule has 0 aliphatic rings. The molecule has 6 heteroatoms. The number of hydrogen-bond donors (Lipinski definition) is 1. The van der Waals surface area contributed by atoms with Crippen molar-refractivity contribution in [3.8, 4) is 0 Å². The van der Waals surface area contributed by atoms with E-state index in [1.54, 1.807) is 25.1 Å². The van der Waals surface area contributed by atoms with Crippen molar-refractivity contribution in [1.82, 2.24) is 5.16 Å². The van der Waals surface area contributed by atoms with Crippen molar-refractivity contribution in [3.05, 3.63) is 46.5 Å². The molecular formula is C16H15ClN2O3. The average Bonchev–Trinajstić information content (AvgIpc) is 3.08. The van der Waals surface area contributed by atoms with E-state index in [4.69, 9.17) is 20.5 Å². The Morgan fingerprint density at radius 2 is 2.09 bits per heavy atom. The maximum Gasteiger partial charge on any atom is 0.256 e. The second kappa shape index (κ2) is 5.50. The van der Waals surface area contributed by atoms with Crippen LogP contribution in [-0.4, -0.2) is 11.1 Å². The van der Waals surface area contributed by atoms with Crippen molar-refractivity contribution in [2.24, 2.45) is 0 Å². The number of anilines is 1. The highest BCUT2D eigenvalue weighted by Crippen LogP contribution is 2.30. The predicted molar refractivity (Wildman–Crippen MR) is 84.5 cm³/mol. The van der Waals surface area contributed by atoms with Crippen molar-refractivity contribution in [2.75, 3.05) is 5.32 Å². The summed E-state index contributed by atoms with van der Waals surface area (Å²) in [5.74, 6) is 0.523. The summed E-state index contributed by atoms with van der Waals surface area (Å²) in [4.78, 5) is 12.6. The van der Waals surface area contributed by atoms with Crippen LogP contribution in [0.4, 0.5) is 5.69 Å². The molecule has 0 bridgehead atoms. The number of nitrogens with zero attached hydrogens (tertiary/aromatic N) is 1. The molecule has 3 aromatic rings. The SMILES string of the molecule is Cc1noc(C(C)C)c1NC(=O)c1ccc(Cl)c2occc12. The Morgan fingerprint density at radius 1 is 1.32 bits per heavy atom. The van der Waals surface area contributed by atoms with Crippen LogP contribution in [0.25, 0.3) is 11.0 Å². The van der Waals surface area contributed by atoms with Gasteiger partial charge in [-0.2, -0.15) is 0 Å². The molecular weight excluding hydrogens is 304 g/mol. The van der Waals surface area contributed by atoms with Crippen LogP contribution in [0, 0.1) is 6.92 Å². The molecule has 5 nitrogen and oxygen atoms in total. The molecule has 0 unspecified atom stereocenters. The Kier molecular flexibility index (Phi) is 3.66. The van der Waals surface area contributed by atoms with Crippen LogP contribution < -0.4 is 5.32 Å². The van der Waals surface area contributed by atoms with Gasteiger partial charge in [-0.25, -0.2) is 0 Å². The number of aromatic nitrogens is 1. The van der Waals surface area contributed by atoms with Crippen molar-refractivity contribution in [2.45, 2.75) is 26.7 Å². The normalized spacial score (nSPS) is 11.3. The van der Waals surface area contributed by atoms with Gasteiger partial charge >= 0.3 is 0 Å². The minimum Gasteiger partial charge on any atom is -0.463 e. The van der Waals surface area contributed by atoms with Gasteiger partial charge in [-0.3, -0.25) is 4.79 Å². The van der Waals surface area contributed by atoms with Gasteiger partial charge in [0.2, 0.25) is 0 Å². The smallest absolute Gasteiger partial charge is 0.256 e. The van der Waals surface area contributed by atoms with Gasteiger partial charge in [0.05, 0.1) is 16.8 Å². The molecule has 0 radical (unpaired) electrons. The molecule has 0 spiro atoms. The Morgan fingerprint density at radius 3 is 2.82 bits per heavy atom. The summed E-state index contributed by atoms with van der Waals surface area (Å²) in [6, 6.07) is 5.04. The maximum atomic E-state index is 12.6. The Hall–Kier alpha value is -2.27. The average molecular weight is 319 g/mol. The van der Waals surface area contributed by atoms with Gasteiger partial charge in [-0.15, -0.1) is 0 Å². The maximum absolute atomic E-state index is 12.6.